The van der Waals surface area contributed by atoms with E-state index in [1.165, 1.54) is 0 Å². The van der Waals surface area contributed by atoms with Crippen LogP contribution in [0.3, 0.4) is 0 Å². The van der Waals surface area contributed by atoms with E-state index in [9.17, 15) is 9.59 Å². The summed E-state index contributed by atoms with van der Waals surface area (Å²) in [5.41, 5.74) is 2.31. The minimum absolute atomic E-state index is 0.130. The van der Waals surface area contributed by atoms with E-state index in [2.05, 4.69) is 33.9 Å². The monoisotopic (exact) mass is 334 g/mol. The van der Waals surface area contributed by atoms with Gasteiger partial charge in [-0.25, -0.2) is 0 Å². The first-order chi connectivity index (χ1) is 10.7. The fraction of sp³-hybridized carbons (Fsp3) is 0.579. The van der Waals surface area contributed by atoms with Crippen LogP contribution in [-0.2, 0) is 26.9 Å². The maximum atomic E-state index is 12.1. The fourth-order valence-corrected chi connectivity index (χ4v) is 2.89. The maximum absolute atomic E-state index is 12.1. The molecule has 128 valence electrons. The van der Waals surface area contributed by atoms with Crippen LogP contribution in [0.2, 0.25) is 18.1 Å². The van der Waals surface area contributed by atoms with Crippen LogP contribution in [0.25, 0.3) is 0 Å². The first kappa shape index (κ1) is 19.8. The van der Waals surface area contributed by atoms with E-state index in [0.29, 0.717) is 12.8 Å². The lowest BCUT2D eigenvalue weighted by molar-refractivity contribution is -0.121. The molecule has 0 aliphatic heterocycles. The van der Waals surface area contributed by atoms with Gasteiger partial charge in [-0.05, 0) is 42.1 Å². The smallest absolute Gasteiger partial charge is 0.192 e. The predicted octanol–water partition coefficient (Wildman–Crippen LogP) is 4.34. The number of benzene rings is 1. The summed E-state index contributed by atoms with van der Waals surface area (Å²) in [5, 5.41) is 0.130. The van der Waals surface area contributed by atoms with Gasteiger partial charge in [0.05, 0.1) is 6.61 Å². The van der Waals surface area contributed by atoms with Gasteiger partial charge in [-0.1, -0.05) is 45.0 Å². The largest absolute Gasteiger partial charge is 0.410 e. The summed E-state index contributed by atoms with van der Waals surface area (Å²) in [4.78, 5) is 22.4. The van der Waals surface area contributed by atoms with E-state index >= 15 is 0 Å². The quantitative estimate of drug-likeness (QED) is 0.498. The van der Waals surface area contributed by atoms with Crippen molar-refractivity contribution in [1.82, 2.24) is 0 Å². The average molecular weight is 335 g/mol. The van der Waals surface area contributed by atoms with Gasteiger partial charge in [0.25, 0.3) is 0 Å². The van der Waals surface area contributed by atoms with Gasteiger partial charge in [-0.3, -0.25) is 4.79 Å². The highest BCUT2D eigenvalue weighted by Crippen LogP contribution is 2.36. The Morgan fingerprint density at radius 2 is 1.61 bits per heavy atom. The molecule has 0 aliphatic carbocycles. The highest BCUT2D eigenvalue weighted by atomic mass is 28.4. The Hall–Kier alpha value is -1.26. The molecule has 4 heteroatoms. The third-order valence-electron chi connectivity index (χ3n) is 4.67. The minimum Gasteiger partial charge on any atom is -0.410 e. The van der Waals surface area contributed by atoms with E-state index in [0.717, 1.165) is 30.3 Å². The minimum atomic E-state index is -1.85. The first-order valence-electron chi connectivity index (χ1n) is 8.33. The molecule has 0 heterocycles. The van der Waals surface area contributed by atoms with E-state index in [1.54, 1.807) is 0 Å². The van der Waals surface area contributed by atoms with Crippen molar-refractivity contribution in [2.24, 2.45) is 0 Å². The standard InChI is InChI=1S/C19H30O3Si/c1-19(2,3)23(4,5)22-15-18(21)13-12-17-10-8-16(9-11-17)7-6-14-20/h8-11,14H,6-7,12-13,15H2,1-5H3. The molecule has 0 amide bonds. The predicted molar refractivity (Wildman–Crippen MR) is 97.3 cm³/mol. The summed E-state index contributed by atoms with van der Waals surface area (Å²) < 4.78 is 5.96. The van der Waals surface area contributed by atoms with E-state index in [1.807, 2.05) is 24.3 Å². The molecular weight excluding hydrogens is 304 g/mol. The van der Waals surface area contributed by atoms with Gasteiger partial charge >= 0.3 is 0 Å². The van der Waals surface area contributed by atoms with Gasteiger partial charge in [0.2, 0.25) is 0 Å². The Morgan fingerprint density at radius 1 is 1.09 bits per heavy atom. The Kier molecular flexibility index (Phi) is 7.35. The molecule has 0 bridgehead atoms. The second-order valence-electron chi connectivity index (χ2n) is 7.61. The molecule has 0 fully saturated rings. The molecule has 0 saturated heterocycles. The van der Waals surface area contributed by atoms with E-state index in [4.69, 9.17) is 4.43 Å². The van der Waals surface area contributed by atoms with Crippen molar-refractivity contribution in [1.29, 1.82) is 0 Å². The van der Waals surface area contributed by atoms with Crippen LogP contribution in [0.1, 0.15) is 44.7 Å². The lowest BCUT2D eigenvalue weighted by Crippen LogP contribution is -2.42. The van der Waals surface area contributed by atoms with E-state index in [-0.39, 0.29) is 17.4 Å². The van der Waals surface area contributed by atoms with Gasteiger partial charge in [-0.2, -0.15) is 0 Å². The molecule has 0 saturated carbocycles. The van der Waals surface area contributed by atoms with Crippen LogP contribution in [0.15, 0.2) is 24.3 Å². The number of hydrogen-bond acceptors (Lipinski definition) is 3. The third-order valence-corrected chi connectivity index (χ3v) is 9.14. The molecule has 0 atom stereocenters. The summed E-state index contributed by atoms with van der Waals surface area (Å²) >= 11 is 0. The van der Waals surface area contributed by atoms with Crippen molar-refractivity contribution in [3.8, 4) is 0 Å². The molecule has 0 N–H and O–H groups in total. The van der Waals surface area contributed by atoms with Crippen LogP contribution in [-0.4, -0.2) is 27.0 Å². The summed E-state index contributed by atoms with van der Waals surface area (Å²) in [7, 11) is -1.85. The number of hydrogen-bond donors (Lipinski definition) is 0. The normalized spacial score (nSPS) is 12.2. The molecule has 0 radical (unpaired) electrons. The lowest BCUT2D eigenvalue weighted by atomic mass is 10.0. The topological polar surface area (TPSA) is 43.4 Å². The van der Waals surface area contributed by atoms with Crippen LogP contribution in [0.4, 0.5) is 0 Å². The molecule has 0 aromatic heterocycles. The molecule has 3 nitrogen and oxygen atoms in total. The second kappa shape index (κ2) is 8.55. The molecule has 0 spiro atoms. The highest BCUT2D eigenvalue weighted by molar-refractivity contribution is 6.74. The van der Waals surface area contributed by atoms with Crippen LogP contribution in [0, 0.1) is 0 Å². The van der Waals surface area contributed by atoms with Gasteiger partial charge < -0.3 is 9.22 Å². The van der Waals surface area contributed by atoms with Gasteiger partial charge in [0, 0.05) is 12.8 Å². The number of aldehydes is 1. The number of ketones is 1. The van der Waals surface area contributed by atoms with Gasteiger partial charge in [-0.15, -0.1) is 0 Å². The highest BCUT2D eigenvalue weighted by Gasteiger charge is 2.37. The Bertz CT molecular complexity index is 512. The van der Waals surface area contributed by atoms with Crippen molar-refractivity contribution in [2.75, 3.05) is 6.61 Å². The molecule has 23 heavy (non-hydrogen) atoms. The molecule has 0 unspecified atom stereocenters. The van der Waals surface area contributed by atoms with Crippen molar-refractivity contribution in [3.63, 3.8) is 0 Å². The van der Waals surface area contributed by atoms with Crippen molar-refractivity contribution < 1.29 is 14.0 Å². The number of carbonyl (C=O) groups excluding carboxylic acids is 2. The SMILES string of the molecule is CC(C)(C)[Si](C)(C)OCC(=O)CCc1ccc(CCC=O)cc1. The third kappa shape index (κ3) is 6.79. The average Bonchev–Trinajstić information content (AvgIpc) is 2.49. The van der Waals surface area contributed by atoms with Gasteiger partial charge in [0.15, 0.2) is 14.1 Å². The summed E-state index contributed by atoms with van der Waals surface area (Å²) in [6.45, 7) is 11.1. The Balaban J connectivity index is 2.40. The fourth-order valence-electron chi connectivity index (χ4n) is 1.93. The van der Waals surface area contributed by atoms with Crippen LogP contribution in [0.5, 0.6) is 0 Å². The zero-order chi connectivity index (χ0) is 17.5. The van der Waals surface area contributed by atoms with Crippen molar-refractivity contribution >= 4 is 20.4 Å². The van der Waals surface area contributed by atoms with Crippen LogP contribution >= 0.6 is 0 Å². The number of Topliss-reactive ketones (excluding diaryl/α,β-unsaturated/α-hetero) is 1. The molecule has 0 aliphatic rings. The van der Waals surface area contributed by atoms with E-state index < -0.39 is 8.32 Å². The maximum Gasteiger partial charge on any atom is 0.192 e. The molecule has 1 aromatic carbocycles. The Morgan fingerprint density at radius 3 is 2.09 bits per heavy atom. The zero-order valence-corrected chi connectivity index (χ0v) is 16.1. The van der Waals surface area contributed by atoms with Crippen LogP contribution < -0.4 is 0 Å². The molecule has 1 rings (SSSR count). The Labute approximate surface area is 141 Å². The zero-order valence-electron chi connectivity index (χ0n) is 15.1. The first-order valence-corrected chi connectivity index (χ1v) is 11.2. The molecule has 1 aromatic rings. The number of rotatable bonds is 9. The summed E-state index contributed by atoms with van der Waals surface area (Å²) in [6, 6.07) is 8.16. The second-order valence-corrected chi connectivity index (χ2v) is 12.4. The van der Waals surface area contributed by atoms with Crippen molar-refractivity contribution in [2.45, 2.75) is 64.6 Å². The van der Waals surface area contributed by atoms with Gasteiger partial charge in [0.1, 0.15) is 6.29 Å². The summed E-state index contributed by atoms with van der Waals surface area (Å²) in [5.74, 6) is 0.167. The molecular formula is C19H30O3Si. The van der Waals surface area contributed by atoms with Crippen molar-refractivity contribution in [3.05, 3.63) is 35.4 Å². The number of aryl methyl sites for hydroxylation is 2. The lowest BCUT2D eigenvalue weighted by Gasteiger charge is -2.35. The number of carbonyl (C=O) groups is 2. The summed E-state index contributed by atoms with van der Waals surface area (Å²) in [6.07, 6.45) is 3.54.